The van der Waals surface area contributed by atoms with Crippen LogP contribution in [0.1, 0.15) is 0 Å². The molecule has 3 rings (SSSR count). The fourth-order valence-corrected chi connectivity index (χ4v) is 4.48. The molecule has 0 unspecified atom stereocenters. The van der Waals surface area contributed by atoms with Gasteiger partial charge in [0.2, 0.25) is 10.0 Å². The number of hydrogen-bond acceptors (Lipinski definition) is 5. The number of anilines is 1. The molecule has 9 heteroatoms. The molecule has 0 radical (unpaired) electrons. The van der Waals surface area contributed by atoms with E-state index < -0.39 is 15.8 Å². The molecule has 0 aromatic heterocycles. The minimum absolute atomic E-state index is 0.116. The summed E-state index contributed by atoms with van der Waals surface area (Å²) in [5.41, 5.74) is 1.13. The summed E-state index contributed by atoms with van der Waals surface area (Å²) in [4.78, 5) is 4.27. The predicted molar refractivity (Wildman–Crippen MR) is 108 cm³/mol. The van der Waals surface area contributed by atoms with Crippen LogP contribution in [0.2, 0.25) is 5.02 Å². The van der Waals surface area contributed by atoms with E-state index in [4.69, 9.17) is 16.3 Å². The van der Waals surface area contributed by atoms with Crippen molar-refractivity contribution in [3.63, 3.8) is 0 Å². The third-order valence-electron chi connectivity index (χ3n) is 4.70. The summed E-state index contributed by atoms with van der Waals surface area (Å²) >= 11 is 5.93. The largest absolute Gasteiger partial charge is 0.495 e. The van der Waals surface area contributed by atoms with Gasteiger partial charge in [0.25, 0.3) is 0 Å². The number of ether oxygens (including phenoxy) is 1. The summed E-state index contributed by atoms with van der Waals surface area (Å²) in [6.45, 7) is 4.17. The highest BCUT2D eigenvalue weighted by atomic mass is 35.5. The van der Waals surface area contributed by atoms with Crippen LogP contribution in [-0.2, 0) is 10.0 Å². The molecule has 1 aliphatic rings. The first kappa shape index (κ1) is 20.9. The molecule has 1 saturated heterocycles. The van der Waals surface area contributed by atoms with Crippen LogP contribution in [0.3, 0.4) is 0 Å². The van der Waals surface area contributed by atoms with Gasteiger partial charge in [0.1, 0.15) is 16.5 Å². The Kier molecular flexibility index (Phi) is 6.77. The summed E-state index contributed by atoms with van der Waals surface area (Å²) in [7, 11) is -2.50. The fraction of sp³-hybridized carbons (Fsp3) is 0.368. The lowest BCUT2D eigenvalue weighted by Crippen LogP contribution is -2.48. The molecule has 1 fully saturated rings. The van der Waals surface area contributed by atoms with Crippen molar-refractivity contribution < 1.29 is 17.5 Å². The minimum atomic E-state index is -3.85. The first-order valence-corrected chi connectivity index (χ1v) is 10.8. The Labute approximate surface area is 169 Å². The van der Waals surface area contributed by atoms with Gasteiger partial charge in [-0.25, -0.2) is 17.5 Å². The number of methoxy groups -OCH3 is 1. The number of nitrogens with zero attached hydrogens (tertiary/aromatic N) is 2. The van der Waals surface area contributed by atoms with Crippen LogP contribution in [0.4, 0.5) is 10.1 Å². The van der Waals surface area contributed by atoms with E-state index in [9.17, 15) is 12.8 Å². The summed E-state index contributed by atoms with van der Waals surface area (Å²) in [6, 6.07) is 11.2. The lowest BCUT2D eigenvalue weighted by Gasteiger charge is -2.36. The van der Waals surface area contributed by atoms with E-state index in [-0.39, 0.29) is 17.2 Å². The van der Waals surface area contributed by atoms with Gasteiger partial charge < -0.3 is 9.64 Å². The average molecular weight is 428 g/mol. The van der Waals surface area contributed by atoms with E-state index in [0.717, 1.165) is 44.0 Å². The molecule has 0 amide bonds. The van der Waals surface area contributed by atoms with Crippen LogP contribution in [-0.4, -0.2) is 59.7 Å². The van der Waals surface area contributed by atoms with Crippen molar-refractivity contribution in [2.24, 2.45) is 0 Å². The van der Waals surface area contributed by atoms with Crippen molar-refractivity contribution in [1.29, 1.82) is 0 Å². The molecule has 0 aliphatic carbocycles. The van der Waals surface area contributed by atoms with Gasteiger partial charge in [0.05, 0.1) is 7.11 Å². The maximum Gasteiger partial charge on any atom is 0.244 e. The zero-order chi connectivity index (χ0) is 20.1. The molecule has 28 heavy (non-hydrogen) atoms. The Morgan fingerprint density at radius 1 is 1.11 bits per heavy atom. The van der Waals surface area contributed by atoms with Crippen LogP contribution in [0.5, 0.6) is 5.75 Å². The zero-order valence-electron chi connectivity index (χ0n) is 15.6. The van der Waals surface area contributed by atoms with Gasteiger partial charge in [0, 0.05) is 50.0 Å². The standard InChI is InChI=1S/C19H23ClFN3O3S/c1-27-18-7-4-16(21)14-19(18)28(25,26)22-8-9-23-10-12-24(13-11-23)17-5-2-15(20)3-6-17/h2-7,14,22H,8-13H2,1H3. The first-order valence-electron chi connectivity index (χ1n) is 8.95. The maximum atomic E-state index is 13.5. The Bertz CT molecular complexity index is 901. The second kappa shape index (κ2) is 9.09. The molecule has 2 aromatic carbocycles. The third-order valence-corrected chi connectivity index (χ3v) is 6.43. The summed E-state index contributed by atoms with van der Waals surface area (Å²) in [5.74, 6) is -0.509. The summed E-state index contributed by atoms with van der Waals surface area (Å²) in [6.07, 6.45) is 0. The zero-order valence-corrected chi connectivity index (χ0v) is 17.1. The van der Waals surface area contributed by atoms with Crippen LogP contribution in [0, 0.1) is 5.82 Å². The van der Waals surface area contributed by atoms with Gasteiger partial charge in [-0.3, -0.25) is 4.90 Å². The smallest absolute Gasteiger partial charge is 0.244 e. The van der Waals surface area contributed by atoms with E-state index in [1.165, 1.54) is 13.2 Å². The maximum absolute atomic E-state index is 13.5. The number of sulfonamides is 1. The summed E-state index contributed by atoms with van der Waals surface area (Å²) in [5, 5.41) is 0.713. The van der Waals surface area contributed by atoms with Gasteiger partial charge in [0.15, 0.2) is 0 Å². The van der Waals surface area contributed by atoms with E-state index in [1.807, 2.05) is 24.3 Å². The monoisotopic (exact) mass is 427 g/mol. The highest BCUT2D eigenvalue weighted by Gasteiger charge is 2.21. The lowest BCUT2D eigenvalue weighted by molar-refractivity contribution is 0.262. The number of nitrogens with one attached hydrogen (secondary N) is 1. The van der Waals surface area contributed by atoms with Gasteiger partial charge >= 0.3 is 0 Å². The Balaban J connectivity index is 1.50. The molecule has 1 heterocycles. The van der Waals surface area contributed by atoms with E-state index in [0.29, 0.717) is 11.6 Å². The van der Waals surface area contributed by atoms with Crippen LogP contribution >= 0.6 is 11.6 Å². The van der Waals surface area contributed by atoms with Crippen LogP contribution < -0.4 is 14.4 Å². The fourth-order valence-electron chi connectivity index (χ4n) is 3.16. The number of rotatable bonds is 7. The van der Waals surface area contributed by atoms with Gasteiger partial charge in [-0.05, 0) is 42.5 Å². The SMILES string of the molecule is COc1ccc(F)cc1S(=O)(=O)NCCN1CCN(c2ccc(Cl)cc2)CC1. The molecular formula is C19H23ClFN3O3S. The van der Waals surface area contributed by atoms with Crippen molar-refractivity contribution in [2.45, 2.75) is 4.90 Å². The normalized spacial score (nSPS) is 15.6. The summed E-state index contributed by atoms with van der Waals surface area (Å²) < 4.78 is 46.0. The Morgan fingerprint density at radius 3 is 2.43 bits per heavy atom. The third kappa shape index (κ3) is 5.14. The van der Waals surface area contributed by atoms with Crippen molar-refractivity contribution in [2.75, 3.05) is 51.3 Å². The molecule has 2 aromatic rings. The molecular weight excluding hydrogens is 405 g/mol. The van der Waals surface area contributed by atoms with E-state index in [1.54, 1.807) is 0 Å². The van der Waals surface area contributed by atoms with Crippen molar-refractivity contribution in [3.05, 3.63) is 53.3 Å². The average Bonchev–Trinajstić information content (AvgIpc) is 2.69. The number of benzene rings is 2. The van der Waals surface area contributed by atoms with E-state index in [2.05, 4.69) is 14.5 Å². The first-order chi connectivity index (χ1) is 13.4. The predicted octanol–water partition coefficient (Wildman–Crippen LogP) is 2.59. The number of hydrogen-bond donors (Lipinski definition) is 1. The molecule has 152 valence electrons. The number of piperazine rings is 1. The molecule has 1 aliphatic heterocycles. The quantitative estimate of drug-likeness (QED) is 0.736. The van der Waals surface area contributed by atoms with Gasteiger partial charge in [-0.1, -0.05) is 11.6 Å². The van der Waals surface area contributed by atoms with Gasteiger partial charge in [-0.2, -0.15) is 0 Å². The molecule has 0 spiro atoms. The molecule has 0 atom stereocenters. The topological polar surface area (TPSA) is 61.9 Å². The van der Waals surface area contributed by atoms with E-state index >= 15 is 0 Å². The van der Waals surface area contributed by atoms with Gasteiger partial charge in [-0.15, -0.1) is 0 Å². The minimum Gasteiger partial charge on any atom is -0.495 e. The van der Waals surface area contributed by atoms with Crippen molar-refractivity contribution in [3.8, 4) is 5.75 Å². The highest BCUT2D eigenvalue weighted by Crippen LogP contribution is 2.24. The highest BCUT2D eigenvalue weighted by molar-refractivity contribution is 7.89. The van der Waals surface area contributed by atoms with Crippen LogP contribution in [0.15, 0.2) is 47.4 Å². The molecule has 0 saturated carbocycles. The second-order valence-electron chi connectivity index (χ2n) is 6.50. The molecule has 6 nitrogen and oxygen atoms in total. The van der Waals surface area contributed by atoms with Crippen LogP contribution in [0.25, 0.3) is 0 Å². The molecule has 1 N–H and O–H groups in total. The Hall–Kier alpha value is -1.87. The second-order valence-corrected chi connectivity index (χ2v) is 8.67. The lowest BCUT2D eigenvalue weighted by atomic mass is 10.2. The Morgan fingerprint density at radius 2 is 1.79 bits per heavy atom. The molecule has 0 bridgehead atoms. The number of halogens is 2. The van der Waals surface area contributed by atoms with Crippen molar-refractivity contribution >= 4 is 27.3 Å². The van der Waals surface area contributed by atoms with Crippen molar-refractivity contribution in [1.82, 2.24) is 9.62 Å².